The summed E-state index contributed by atoms with van der Waals surface area (Å²) < 4.78 is 1.27. The van der Waals surface area contributed by atoms with Crippen molar-refractivity contribution in [3.8, 4) is 0 Å². The second kappa shape index (κ2) is 4.10. The molecule has 0 unspecified atom stereocenters. The van der Waals surface area contributed by atoms with E-state index in [4.69, 9.17) is 0 Å². The molecule has 58 valence electrons. The molecule has 0 atom stereocenters. The third-order valence-electron chi connectivity index (χ3n) is 1.55. The van der Waals surface area contributed by atoms with Crippen molar-refractivity contribution in [3.63, 3.8) is 0 Å². The van der Waals surface area contributed by atoms with Gasteiger partial charge in [-0.2, -0.15) is 0 Å². The van der Waals surface area contributed by atoms with Crippen LogP contribution in [-0.4, -0.2) is 25.6 Å². The number of thioether (sulfide) groups is 1. The van der Waals surface area contributed by atoms with Crippen molar-refractivity contribution in [2.24, 2.45) is 0 Å². The molecule has 2 heteroatoms. The van der Waals surface area contributed by atoms with E-state index in [1.807, 2.05) is 0 Å². The first kappa shape index (κ1) is 9.05. The van der Waals surface area contributed by atoms with Crippen LogP contribution in [-0.2, 0) is 0 Å². The van der Waals surface area contributed by atoms with Gasteiger partial charge in [-0.05, 0) is 0 Å². The molecule has 1 rings (SSSR count). The number of aryl methyl sites for hydroxylation is 1. The van der Waals surface area contributed by atoms with E-state index in [0.29, 0.717) is 0 Å². The SMILES string of the molecule is CSC(=[Se])c1ccccc1C. The molecule has 1 aromatic carbocycles. The molecule has 11 heavy (non-hydrogen) atoms. The molecule has 0 saturated carbocycles. The predicted molar refractivity (Wildman–Crippen MR) is 54.6 cm³/mol. The summed E-state index contributed by atoms with van der Waals surface area (Å²) in [5.74, 6) is 0. The topological polar surface area (TPSA) is 0 Å². The predicted octanol–water partition coefficient (Wildman–Crippen LogP) is 2.00. The van der Waals surface area contributed by atoms with Crippen molar-refractivity contribution in [2.45, 2.75) is 6.92 Å². The van der Waals surface area contributed by atoms with E-state index >= 15 is 0 Å². The first-order valence-electron chi connectivity index (χ1n) is 3.39. The van der Waals surface area contributed by atoms with E-state index < -0.39 is 0 Å². The third-order valence-corrected chi connectivity index (χ3v) is 3.65. The van der Waals surface area contributed by atoms with Crippen molar-refractivity contribution in [1.29, 1.82) is 0 Å². The van der Waals surface area contributed by atoms with Crippen LogP contribution in [0, 0.1) is 6.92 Å². The van der Waals surface area contributed by atoms with Crippen LogP contribution in [0.5, 0.6) is 0 Å². The Labute approximate surface area is 79.7 Å². The number of benzene rings is 1. The van der Waals surface area contributed by atoms with Gasteiger partial charge in [0.25, 0.3) is 0 Å². The van der Waals surface area contributed by atoms with Crippen molar-refractivity contribution in [3.05, 3.63) is 35.4 Å². The summed E-state index contributed by atoms with van der Waals surface area (Å²) in [6.07, 6.45) is 2.08. The van der Waals surface area contributed by atoms with E-state index in [0.717, 1.165) is 0 Å². The Balaban J connectivity index is 3.03. The van der Waals surface area contributed by atoms with Gasteiger partial charge in [-0.15, -0.1) is 0 Å². The van der Waals surface area contributed by atoms with Gasteiger partial charge < -0.3 is 0 Å². The van der Waals surface area contributed by atoms with Crippen molar-refractivity contribution < 1.29 is 0 Å². The van der Waals surface area contributed by atoms with Crippen molar-refractivity contribution in [1.82, 2.24) is 0 Å². The molecule has 0 spiro atoms. The van der Waals surface area contributed by atoms with Crippen LogP contribution in [0.2, 0.25) is 0 Å². The Kier molecular flexibility index (Phi) is 3.38. The molecule has 0 saturated heterocycles. The Hall–Kier alpha value is -0.0405. The number of hydrogen-bond acceptors (Lipinski definition) is 1. The first-order valence-corrected chi connectivity index (χ1v) is 5.48. The van der Waals surface area contributed by atoms with Crippen LogP contribution in [0.3, 0.4) is 0 Å². The van der Waals surface area contributed by atoms with Crippen LogP contribution in [0.15, 0.2) is 24.3 Å². The average molecular weight is 229 g/mol. The van der Waals surface area contributed by atoms with Gasteiger partial charge in [0.05, 0.1) is 0 Å². The molecule has 0 aliphatic carbocycles. The summed E-state index contributed by atoms with van der Waals surface area (Å²) in [5.41, 5.74) is 2.65. The normalized spacial score (nSPS) is 9.64. The van der Waals surface area contributed by atoms with Gasteiger partial charge in [0.1, 0.15) is 0 Å². The second-order valence-corrected chi connectivity index (χ2v) is 4.56. The van der Waals surface area contributed by atoms with Crippen LogP contribution in [0.1, 0.15) is 11.1 Å². The van der Waals surface area contributed by atoms with Gasteiger partial charge in [-0.1, -0.05) is 0 Å². The molecule has 0 heterocycles. The van der Waals surface area contributed by atoms with Gasteiger partial charge in [0.2, 0.25) is 0 Å². The average Bonchev–Trinajstić information content (AvgIpc) is 2.04. The zero-order chi connectivity index (χ0) is 8.27. The minimum atomic E-state index is 1.27. The van der Waals surface area contributed by atoms with Gasteiger partial charge in [0, 0.05) is 0 Å². The van der Waals surface area contributed by atoms with Gasteiger partial charge >= 0.3 is 79.7 Å². The standard InChI is InChI=1S/C9H10SSe/c1-7-5-3-4-6-8(7)9(11)10-2/h3-6H,1-2H3. The Morgan fingerprint density at radius 2 is 2.00 bits per heavy atom. The molecule has 0 nitrogen and oxygen atoms in total. The zero-order valence-electron chi connectivity index (χ0n) is 6.63. The Morgan fingerprint density at radius 1 is 1.36 bits per heavy atom. The summed E-state index contributed by atoms with van der Waals surface area (Å²) >= 11 is 4.82. The van der Waals surface area contributed by atoms with Gasteiger partial charge in [0.15, 0.2) is 0 Å². The van der Waals surface area contributed by atoms with Gasteiger partial charge in [-0.25, -0.2) is 0 Å². The molecular weight excluding hydrogens is 219 g/mol. The summed E-state index contributed by atoms with van der Waals surface area (Å²) in [6.45, 7) is 2.13. The molecule has 0 aromatic heterocycles. The molecule has 0 fully saturated rings. The van der Waals surface area contributed by atoms with Crippen LogP contribution in [0.25, 0.3) is 0 Å². The fourth-order valence-electron chi connectivity index (χ4n) is 0.912. The Bertz CT molecular complexity index is 268. The molecule has 0 N–H and O–H groups in total. The summed E-state index contributed by atoms with van der Waals surface area (Å²) in [4.78, 5) is 0. The summed E-state index contributed by atoms with van der Waals surface area (Å²) in [5, 5.41) is 0. The van der Waals surface area contributed by atoms with Crippen molar-refractivity contribution >= 4 is 31.1 Å². The Morgan fingerprint density at radius 3 is 2.55 bits per heavy atom. The van der Waals surface area contributed by atoms with Crippen LogP contribution < -0.4 is 0 Å². The molecular formula is C9H10SSe. The van der Waals surface area contributed by atoms with E-state index in [1.165, 1.54) is 14.9 Å². The third kappa shape index (κ3) is 2.19. The summed E-state index contributed by atoms with van der Waals surface area (Å²) in [7, 11) is 0. The van der Waals surface area contributed by atoms with E-state index in [2.05, 4.69) is 53.0 Å². The number of hydrogen-bond donors (Lipinski definition) is 0. The fourth-order valence-corrected chi connectivity index (χ4v) is 1.84. The van der Waals surface area contributed by atoms with Crippen molar-refractivity contribution in [2.75, 3.05) is 6.26 Å². The van der Waals surface area contributed by atoms with E-state index in [9.17, 15) is 0 Å². The molecule has 1 aromatic rings. The maximum atomic E-state index is 3.06. The molecule has 0 amide bonds. The van der Waals surface area contributed by atoms with E-state index in [1.54, 1.807) is 11.8 Å². The van der Waals surface area contributed by atoms with Crippen LogP contribution in [0.4, 0.5) is 0 Å². The van der Waals surface area contributed by atoms with Crippen LogP contribution >= 0.6 is 11.8 Å². The van der Waals surface area contributed by atoms with E-state index in [-0.39, 0.29) is 0 Å². The zero-order valence-corrected chi connectivity index (χ0v) is 9.16. The molecule has 0 radical (unpaired) electrons. The number of rotatable bonds is 2. The first-order chi connectivity index (χ1) is 5.25. The molecule has 0 aliphatic rings. The van der Waals surface area contributed by atoms with Gasteiger partial charge in [-0.3, -0.25) is 0 Å². The molecule has 0 bridgehead atoms. The monoisotopic (exact) mass is 230 g/mol. The summed E-state index contributed by atoms with van der Waals surface area (Å²) in [6, 6.07) is 8.39. The minimum absolute atomic E-state index is 1.27. The molecule has 0 aliphatic heterocycles. The fraction of sp³-hybridized carbons (Fsp3) is 0.222. The second-order valence-electron chi connectivity index (χ2n) is 2.31. The quantitative estimate of drug-likeness (QED) is 0.699. The maximum absolute atomic E-state index is 3.06.